The molecule has 2 amide bonds. The van der Waals surface area contributed by atoms with E-state index in [-0.39, 0.29) is 17.9 Å². The molecule has 0 aliphatic rings. The van der Waals surface area contributed by atoms with Crippen molar-refractivity contribution in [3.63, 3.8) is 0 Å². The van der Waals surface area contributed by atoms with E-state index < -0.39 is 11.7 Å². The Labute approximate surface area is 164 Å². The molecule has 0 aliphatic carbocycles. The molecule has 0 aromatic heterocycles. The summed E-state index contributed by atoms with van der Waals surface area (Å²) in [7, 11) is 0. The first-order chi connectivity index (χ1) is 12.4. The average Bonchev–Trinajstić information content (AvgIpc) is 2.58. The lowest BCUT2D eigenvalue weighted by Gasteiger charge is -2.10. The van der Waals surface area contributed by atoms with Crippen molar-refractivity contribution in [3.05, 3.63) is 62.8 Å². The van der Waals surface area contributed by atoms with E-state index in [9.17, 15) is 14.0 Å². The van der Waals surface area contributed by atoms with E-state index in [0.29, 0.717) is 28.3 Å². The minimum atomic E-state index is -0.543. The third-order valence-electron chi connectivity index (χ3n) is 3.43. The van der Waals surface area contributed by atoms with Crippen molar-refractivity contribution in [1.82, 2.24) is 10.9 Å². The number of hydrogen-bond acceptors (Lipinski definition) is 3. The summed E-state index contributed by atoms with van der Waals surface area (Å²) in [5.41, 5.74) is 5.73. The van der Waals surface area contributed by atoms with Gasteiger partial charge < -0.3 is 4.74 Å². The number of carbonyl (C=O) groups excluding carboxylic acids is 2. The van der Waals surface area contributed by atoms with Gasteiger partial charge in [-0.15, -0.1) is 0 Å². The standard InChI is InChI=1S/C18H17BrClFN2O3/c1-11-9-12(20)4-7-16(11)26-8-2-3-17(24)22-23-18(25)14-6-5-13(21)10-15(14)19/h4-7,9-10H,2-3,8H2,1H3,(H,22,24)(H,23,25). The quantitative estimate of drug-likeness (QED) is 0.520. The molecule has 0 spiro atoms. The lowest BCUT2D eigenvalue weighted by molar-refractivity contribution is -0.122. The summed E-state index contributed by atoms with van der Waals surface area (Å²) in [6, 6.07) is 8.97. The fourth-order valence-corrected chi connectivity index (χ4v) is 2.88. The number of ether oxygens (including phenoxy) is 1. The first-order valence-electron chi connectivity index (χ1n) is 7.80. The summed E-state index contributed by atoms with van der Waals surface area (Å²) in [5, 5.41) is 0.637. The zero-order valence-electron chi connectivity index (χ0n) is 13.9. The van der Waals surface area contributed by atoms with Crippen LogP contribution in [0.5, 0.6) is 5.75 Å². The third-order valence-corrected chi connectivity index (χ3v) is 4.33. The van der Waals surface area contributed by atoms with E-state index in [2.05, 4.69) is 26.8 Å². The number of rotatable bonds is 6. The van der Waals surface area contributed by atoms with Crippen LogP contribution in [0, 0.1) is 12.7 Å². The third kappa shape index (κ3) is 6.00. The molecule has 0 saturated carbocycles. The van der Waals surface area contributed by atoms with Gasteiger partial charge in [-0.05, 0) is 71.2 Å². The van der Waals surface area contributed by atoms with Gasteiger partial charge in [0.2, 0.25) is 5.91 Å². The van der Waals surface area contributed by atoms with Crippen molar-refractivity contribution < 1.29 is 18.7 Å². The van der Waals surface area contributed by atoms with Gasteiger partial charge in [0.05, 0.1) is 12.2 Å². The maximum atomic E-state index is 13.0. The lowest BCUT2D eigenvalue weighted by Crippen LogP contribution is -2.41. The van der Waals surface area contributed by atoms with Crippen LogP contribution in [0.3, 0.4) is 0 Å². The SMILES string of the molecule is Cc1cc(Cl)ccc1OCCCC(=O)NNC(=O)c1ccc(F)cc1Br. The highest BCUT2D eigenvalue weighted by atomic mass is 79.9. The number of nitrogens with one attached hydrogen (secondary N) is 2. The maximum absolute atomic E-state index is 13.0. The Kier molecular flexibility index (Phi) is 7.41. The first-order valence-corrected chi connectivity index (χ1v) is 8.97. The van der Waals surface area contributed by atoms with Crippen LogP contribution in [0.2, 0.25) is 5.02 Å². The molecule has 0 bridgehead atoms. The molecule has 26 heavy (non-hydrogen) atoms. The molecule has 0 aliphatic heterocycles. The van der Waals surface area contributed by atoms with E-state index in [1.165, 1.54) is 12.1 Å². The lowest BCUT2D eigenvalue weighted by atomic mass is 10.2. The van der Waals surface area contributed by atoms with Crippen molar-refractivity contribution >= 4 is 39.3 Å². The van der Waals surface area contributed by atoms with E-state index >= 15 is 0 Å². The molecule has 2 N–H and O–H groups in total. The Bertz CT molecular complexity index is 817. The monoisotopic (exact) mass is 442 g/mol. The number of hydrogen-bond donors (Lipinski definition) is 2. The summed E-state index contributed by atoms with van der Waals surface area (Å²) in [6.45, 7) is 2.24. The number of aryl methyl sites for hydroxylation is 1. The highest BCUT2D eigenvalue weighted by Gasteiger charge is 2.11. The Morgan fingerprint density at radius 2 is 1.96 bits per heavy atom. The fourth-order valence-electron chi connectivity index (χ4n) is 2.12. The Hall–Kier alpha value is -2.12. The molecule has 0 fully saturated rings. The minimum Gasteiger partial charge on any atom is -0.493 e. The van der Waals surface area contributed by atoms with Crippen LogP contribution in [-0.2, 0) is 4.79 Å². The van der Waals surface area contributed by atoms with Gasteiger partial charge in [-0.1, -0.05) is 11.6 Å². The van der Waals surface area contributed by atoms with Crippen LogP contribution in [0.1, 0.15) is 28.8 Å². The van der Waals surface area contributed by atoms with Gasteiger partial charge >= 0.3 is 0 Å². The zero-order chi connectivity index (χ0) is 19.1. The van der Waals surface area contributed by atoms with Crippen molar-refractivity contribution in [2.24, 2.45) is 0 Å². The molecular weight excluding hydrogens is 427 g/mol. The molecule has 2 aromatic rings. The summed E-state index contributed by atoms with van der Waals surface area (Å²) in [5.74, 6) is -0.649. The molecule has 0 heterocycles. The molecule has 0 atom stereocenters. The summed E-state index contributed by atoms with van der Waals surface area (Å²) in [4.78, 5) is 23.7. The van der Waals surface area contributed by atoms with E-state index in [1.54, 1.807) is 18.2 Å². The zero-order valence-corrected chi connectivity index (χ0v) is 16.3. The largest absolute Gasteiger partial charge is 0.493 e. The highest BCUT2D eigenvalue weighted by Crippen LogP contribution is 2.22. The molecule has 5 nitrogen and oxygen atoms in total. The van der Waals surface area contributed by atoms with Gasteiger partial charge in [-0.2, -0.15) is 0 Å². The van der Waals surface area contributed by atoms with Gasteiger partial charge in [0.1, 0.15) is 11.6 Å². The topological polar surface area (TPSA) is 67.4 Å². The van der Waals surface area contributed by atoms with Gasteiger partial charge in [0.15, 0.2) is 0 Å². The van der Waals surface area contributed by atoms with Crippen molar-refractivity contribution in [2.45, 2.75) is 19.8 Å². The second-order valence-corrected chi connectivity index (χ2v) is 6.78. The molecule has 0 radical (unpaired) electrons. The number of amides is 2. The smallest absolute Gasteiger partial charge is 0.270 e. The van der Waals surface area contributed by atoms with Crippen molar-refractivity contribution in [1.29, 1.82) is 0 Å². The molecular formula is C18H17BrClFN2O3. The second-order valence-electron chi connectivity index (χ2n) is 5.49. The average molecular weight is 444 g/mol. The van der Waals surface area contributed by atoms with Gasteiger partial charge in [0.25, 0.3) is 5.91 Å². The second kappa shape index (κ2) is 9.54. The van der Waals surface area contributed by atoms with Crippen LogP contribution in [-0.4, -0.2) is 18.4 Å². The molecule has 2 rings (SSSR count). The predicted octanol–water partition coefficient (Wildman–Crippen LogP) is 4.17. The van der Waals surface area contributed by atoms with Crippen molar-refractivity contribution in [3.8, 4) is 5.75 Å². The minimum absolute atomic E-state index is 0.178. The Morgan fingerprint density at radius 3 is 2.65 bits per heavy atom. The number of hydrazine groups is 1. The number of benzene rings is 2. The highest BCUT2D eigenvalue weighted by molar-refractivity contribution is 9.10. The van der Waals surface area contributed by atoms with Crippen LogP contribution < -0.4 is 15.6 Å². The molecule has 138 valence electrons. The summed E-state index contributed by atoms with van der Waals surface area (Å²) in [6.07, 6.45) is 0.654. The van der Waals surface area contributed by atoms with Crippen LogP contribution in [0.15, 0.2) is 40.9 Å². The Morgan fingerprint density at radius 1 is 1.19 bits per heavy atom. The van der Waals surface area contributed by atoms with E-state index in [0.717, 1.165) is 11.6 Å². The summed E-state index contributed by atoms with van der Waals surface area (Å²) >= 11 is 8.98. The van der Waals surface area contributed by atoms with Gasteiger partial charge in [0, 0.05) is 15.9 Å². The first kappa shape index (κ1) is 20.2. The van der Waals surface area contributed by atoms with E-state index in [1.807, 2.05) is 6.92 Å². The molecule has 2 aromatic carbocycles. The molecule has 8 heteroatoms. The van der Waals surface area contributed by atoms with Crippen molar-refractivity contribution in [2.75, 3.05) is 6.61 Å². The maximum Gasteiger partial charge on any atom is 0.270 e. The van der Waals surface area contributed by atoms with Crippen LogP contribution >= 0.6 is 27.5 Å². The van der Waals surface area contributed by atoms with Crippen LogP contribution in [0.4, 0.5) is 4.39 Å². The fraction of sp³-hybridized carbons (Fsp3) is 0.222. The summed E-state index contributed by atoms with van der Waals surface area (Å²) < 4.78 is 18.9. The van der Waals surface area contributed by atoms with E-state index in [4.69, 9.17) is 16.3 Å². The Balaban J connectivity index is 1.71. The molecule has 0 unspecified atom stereocenters. The number of carbonyl (C=O) groups is 2. The molecule has 0 saturated heterocycles. The van der Waals surface area contributed by atoms with Gasteiger partial charge in [-0.25, -0.2) is 4.39 Å². The van der Waals surface area contributed by atoms with Crippen LogP contribution in [0.25, 0.3) is 0 Å². The predicted molar refractivity (Wildman–Crippen MR) is 101 cm³/mol. The normalized spacial score (nSPS) is 10.3. The number of halogens is 3. The van der Waals surface area contributed by atoms with Gasteiger partial charge in [-0.3, -0.25) is 20.4 Å².